The Morgan fingerprint density at radius 2 is 1.61 bits per heavy atom. The SMILES string of the molecule is C[C@H]1CN(C(=O)c2cc(C(F)(F)F)cc(C(F)(F)F)c2)CCN1. The molecule has 1 amide bonds. The highest BCUT2D eigenvalue weighted by molar-refractivity contribution is 5.94. The molecular formula is C14H14F6N2O. The molecule has 0 saturated carbocycles. The Hall–Kier alpha value is -1.77. The van der Waals surface area contributed by atoms with E-state index in [1.54, 1.807) is 6.92 Å². The lowest BCUT2D eigenvalue weighted by molar-refractivity contribution is -0.143. The third-order valence-electron chi connectivity index (χ3n) is 3.49. The van der Waals surface area contributed by atoms with Crippen molar-refractivity contribution in [2.24, 2.45) is 0 Å². The van der Waals surface area contributed by atoms with Crippen LogP contribution < -0.4 is 5.32 Å². The van der Waals surface area contributed by atoms with E-state index in [2.05, 4.69) is 5.32 Å². The molecule has 1 saturated heterocycles. The van der Waals surface area contributed by atoms with Crippen molar-refractivity contribution in [3.05, 3.63) is 34.9 Å². The number of nitrogens with one attached hydrogen (secondary N) is 1. The highest BCUT2D eigenvalue weighted by Crippen LogP contribution is 2.36. The summed E-state index contributed by atoms with van der Waals surface area (Å²) in [7, 11) is 0. The molecule has 9 heteroatoms. The summed E-state index contributed by atoms with van der Waals surface area (Å²) >= 11 is 0. The molecule has 1 N–H and O–H groups in total. The fraction of sp³-hybridized carbons (Fsp3) is 0.500. The molecule has 128 valence electrons. The highest BCUT2D eigenvalue weighted by Gasteiger charge is 2.38. The van der Waals surface area contributed by atoms with Gasteiger partial charge in [-0.3, -0.25) is 4.79 Å². The first-order chi connectivity index (χ1) is 10.5. The predicted octanol–water partition coefficient (Wildman–Crippen LogP) is 3.16. The van der Waals surface area contributed by atoms with E-state index in [1.807, 2.05) is 0 Å². The van der Waals surface area contributed by atoms with Crippen LogP contribution in [0.2, 0.25) is 0 Å². The summed E-state index contributed by atoms with van der Waals surface area (Å²) in [5, 5.41) is 3.04. The van der Waals surface area contributed by atoms with Crippen LogP contribution in [0, 0.1) is 0 Å². The largest absolute Gasteiger partial charge is 0.416 e. The van der Waals surface area contributed by atoms with Crippen LogP contribution in [0.25, 0.3) is 0 Å². The maximum Gasteiger partial charge on any atom is 0.416 e. The van der Waals surface area contributed by atoms with E-state index in [4.69, 9.17) is 0 Å². The van der Waals surface area contributed by atoms with Crippen molar-refractivity contribution < 1.29 is 31.1 Å². The monoisotopic (exact) mass is 340 g/mol. The second kappa shape index (κ2) is 6.03. The van der Waals surface area contributed by atoms with Gasteiger partial charge in [0.15, 0.2) is 0 Å². The van der Waals surface area contributed by atoms with E-state index in [0.29, 0.717) is 18.7 Å². The molecular weight excluding hydrogens is 326 g/mol. The summed E-state index contributed by atoms with van der Waals surface area (Å²) in [6.45, 7) is 2.64. The number of benzene rings is 1. The molecule has 23 heavy (non-hydrogen) atoms. The minimum absolute atomic E-state index is 0.0111. The zero-order valence-corrected chi connectivity index (χ0v) is 12.1. The maximum atomic E-state index is 12.8. The van der Waals surface area contributed by atoms with Crippen molar-refractivity contribution in [1.82, 2.24) is 10.2 Å². The molecule has 0 aromatic heterocycles. The molecule has 1 aliphatic heterocycles. The molecule has 0 spiro atoms. The van der Waals surface area contributed by atoms with Gasteiger partial charge in [0.05, 0.1) is 11.1 Å². The van der Waals surface area contributed by atoms with Crippen LogP contribution in [0.15, 0.2) is 18.2 Å². The average Bonchev–Trinajstić information content (AvgIpc) is 2.44. The number of hydrogen-bond acceptors (Lipinski definition) is 2. The predicted molar refractivity (Wildman–Crippen MR) is 69.8 cm³/mol. The molecule has 0 radical (unpaired) electrons. The zero-order valence-electron chi connectivity index (χ0n) is 12.1. The Balaban J connectivity index is 2.42. The van der Waals surface area contributed by atoms with Gasteiger partial charge in [-0.25, -0.2) is 0 Å². The molecule has 1 fully saturated rings. The molecule has 2 rings (SSSR count). The standard InChI is InChI=1S/C14H14F6N2O/c1-8-7-22(3-2-21-8)12(23)9-4-10(13(15,16)17)6-11(5-9)14(18,19)20/h4-6,8,21H,2-3,7H2,1H3/t8-/m0/s1. The van der Waals surface area contributed by atoms with Crippen LogP contribution in [0.5, 0.6) is 0 Å². The van der Waals surface area contributed by atoms with Gasteiger partial charge in [0, 0.05) is 31.2 Å². The van der Waals surface area contributed by atoms with Gasteiger partial charge in [0.1, 0.15) is 0 Å². The fourth-order valence-corrected chi connectivity index (χ4v) is 2.38. The van der Waals surface area contributed by atoms with Crippen molar-refractivity contribution in [2.45, 2.75) is 25.3 Å². The first-order valence-corrected chi connectivity index (χ1v) is 6.80. The van der Waals surface area contributed by atoms with Gasteiger partial charge >= 0.3 is 12.4 Å². The van der Waals surface area contributed by atoms with E-state index in [9.17, 15) is 31.1 Å². The topological polar surface area (TPSA) is 32.3 Å². The number of carbonyl (C=O) groups excluding carboxylic acids is 1. The third-order valence-corrected chi connectivity index (χ3v) is 3.49. The Bertz CT molecular complexity index is 564. The molecule has 1 heterocycles. The van der Waals surface area contributed by atoms with Crippen LogP contribution in [0.3, 0.4) is 0 Å². The van der Waals surface area contributed by atoms with Crippen molar-refractivity contribution in [2.75, 3.05) is 19.6 Å². The number of amides is 1. The summed E-state index contributed by atoms with van der Waals surface area (Å²) in [4.78, 5) is 13.5. The minimum Gasteiger partial charge on any atom is -0.336 e. The lowest BCUT2D eigenvalue weighted by Crippen LogP contribution is -2.51. The quantitative estimate of drug-likeness (QED) is 0.797. The molecule has 0 bridgehead atoms. The van der Waals surface area contributed by atoms with Crippen molar-refractivity contribution in [1.29, 1.82) is 0 Å². The van der Waals surface area contributed by atoms with Crippen LogP contribution in [0.4, 0.5) is 26.3 Å². The van der Waals surface area contributed by atoms with E-state index in [0.717, 1.165) is 0 Å². The van der Waals surface area contributed by atoms with Crippen LogP contribution in [-0.2, 0) is 12.4 Å². The fourth-order valence-electron chi connectivity index (χ4n) is 2.38. The zero-order chi connectivity index (χ0) is 17.4. The number of rotatable bonds is 1. The minimum atomic E-state index is -4.97. The van der Waals surface area contributed by atoms with Gasteiger partial charge in [0.2, 0.25) is 0 Å². The molecule has 1 aliphatic rings. The van der Waals surface area contributed by atoms with Gasteiger partial charge in [0.25, 0.3) is 5.91 Å². The normalized spacial score (nSPS) is 19.8. The Labute approximate surface area is 128 Å². The van der Waals surface area contributed by atoms with Crippen LogP contribution in [-0.4, -0.2) is 36.5 Å². The Kier molecular flexibility index (Phi) is 4.61. The van der Waals surface area contributed by atoms with E-state index in [-0.39, 0.29) is 25.2 Å². The van der Waals surface area contributed by atoms with E-state index >= 15 is 0 Å². The molecule has 3 nitrogen and oxygen atoms in total. The summed E-state index contributed by atoms with van der Waals surface area (Å²) in [5.74, 6) is -0.838. The second-order valence-corrected chi connectivity index (χ2v) is 5.40. The van der Waals surface area contributed by atoms with Crippen molar-refractivity contribution in [3.8, 4) is 0 Å². The lowest BCUT2D eigenvalue weighted by atomic mass is 10.0. The van der Waals surface area contributed by atoms with E-state index in [1.165, 1.54) is 4.90 Å². The molecule has 1 aromatic rings. The number of alkyl halides is 6. The second-order valence-electron chi connectivity index (χ2n) is 5.40. The van der Waals surface area contributed by atoms with E-state index < -0.39 is 35.0 Å². The van der Waals surface area contributed by atoms with Gasteiger partial charge in [-0.05, 0) is 25.1 Å². The maximum absolute atomic E-state index is 12.8. The average molecular weight is 340 g/mol. The Morgan fingerprint density at radius 1 is 1.09 bits per heavy atom. The van der Waals surface area contributed by atoms with Gasteiger partial charge in [-0.15, -0.1) is 0 Å². The first-order valence-electron chi connectivity index (χ1n) is 6.80. The number of hydrogen-bond donors (Lipinski definition) is 1. The summed E-state index contributed by atoms with van der Waals surface area (Å²) in [6, 6.07) is 0.853. The highest BCUT2D eigenvalue weighted by atomic mass is 19.4. The molecule has 1 atom stereocenters. The number of nitrogens with zero attached hydrogens (tertiary/aromatic N) is 1. The summed E-state index contributed by atoms with van der Waals surface area (Å²) in [5.41, 5.74) is -3.58. The number of piperazine rings is 1. The van der Waals surface area contributed by atoms with Crippen molar-refractivity contribution in [3.63, 3.8) is 0 Å². The molecule has 1 aromatic carbocycles. The molecule has 0 aliphatic carbocycles. The Morgan fingerprint density at radius 3 is 2.04 bits per heavy atom. The van der Waals surface area contributed by atoms with Crippen molar-refractivity contribution >= 4 is 5.91 Å². The van der Waals surface area contributed by atoms with Gasteiger partial charge < -0.3 is 10.2 Å². The smallest absolute Gasteiger partial charge is 0.336 e. The number of halogens is 6. The van der Waals surface area contributed by atoms with Crippen LogP contribution in [0.1, 0.15) is 28.4 Å². The van der Waals surface area contributed by atoms with Crippen LogP contribution >= 0.6 is 0 Å². The summed E-state index contributed by atoms with van der Waals surface area (Å²) < 4.78 is 76.8. The van der Waals surface area contributed by atoms with Gasteiger partial charge in [-0.2, -0.15) is 26.3 Å². The lowest BCUT2D eigenvalue weighted by Gasteiger charge is -2.32. The molecule has 0 unspecified atom stereocenters. The number of carbonyl (C=O) groups is 1. The first kappa shape index (κ1) is 17.6. The third kappa shape index (κ3) is 4.15. The van der Waals surface area contributed by atoms with Gasteiger partial charge in [-0.1, -0.05) is 0 Å². The summed E-state index contributed by atoms with van der Waals surface area (Å²) in [6.07, 6.45) is -9.93.